The average Bonchev–Trinajstić information content (AvgIpc) is 3.47. The van der Waals surface area contributed by atoms with E-state index in [0.29, 0.717) is 22.4 Å². The van der Waals surface area contributed by atoms with Gasteiger partial charge in [-0.3, -0.25) is 4.79 Å². The van der Waals surface area contributed by atoms with Crippen LogP contribution in [0.25, 0.3) is 20.8 Å². The molecule has 7 nitrogen and oxygen atoms in total. The molecule has 0 saturated heterocycles. The van der Waals surface area contributed by atoms with E-state index in [-0.39, 0.29) is 17.5 Å². The summed E-state index contributed by atoms with van der Waals surface area (Å²) in [6.07, 6.45) is -0.399. The smallest absolute Gasteiger partial charge is 0.234 e. The standard InChI is InChI=1S/C27H24FN5O2S2/c1-16-4-13-22-23(14-16)37-26(30-22)18-5-9-20(10-6-18)29-24(34)15-36-27-32-31-25(33(27)3)17(2)35-21-11-7-19(28)8-12-21/h4-14,17H,15H2,1-3H3,(H,29,34). The van der Waals surface area contributed by atoms with Crippen molar-refractivity contribution in [3.05, 3.63) is 83.9 Å². The van der Waals surface area contributed by atoms with E-state index in [4.69, 9.17) is 9.72 Å². The fourth-order valence-corrected chi connectivity index (χ4v) is 5.54. The van der Waals surface area contributed by atoms with E-state index < -0.39 is 6.10 Å². The number of hydrogen-bond donors (Lipinski definition) is 1. The van der Waals surface area contributed by atoms with Crippen molar-refractivity contribution in [2.45, 2.75) is 25.1 Å². The lowest BCUT2D eigenvalue weighted by Gasteiger charge is -2.14. The van der Waals surface area contributed by atoms with Gasteiger partial charge in [-0.1, -0.05) is 17.8 Å². The first kappa shape index (κ1) is 24.9. The number of carbonyl (C=O) groups is 1. The van der Waals surface area contributed by atoms with Gasteiger partial charge in [-0.25, -0.2) is 9.37 Å². The van der Waals surface area contributed by atoms with Crippen LogP contribution in [0.4, 0.5) is 10.1 Å². The molecule has 1 amide bonds. The highest BCUT2D eigenvalue weighted by molar-refractivity contribution is 7.99. The van der Waals surface area contributed by atoms with E-state index in [1.807, 2.05) is 44.3 Å². The molecule has 0 fully saturated rings. The van der Waals surface area contributed by atoms with E-state index in [2.05, 4.69) is 34.6 Å². The molecule has 0 aliphatic heterocycles. The molecule has 1 atom stereocenters. The summed E-state index contributed by atoms with van der Waals surface area (Å²) < 4.78 is 21.9. The van der Waals surface area contributed by atoms with Crippen LogP contribution in [0.1, 0.15) is 24.4 Å². The molecule has 188 valence electrons. The molecule has 0 spiro atoms. The van der Waals surface area contributed by atoms with E-state index in [0.717, 1.165) is 20.8 Å². The lowest BCUT2D eigenvalue weighted by Crippen LogP contribution is -2.14. The lowest BCUT2D eigenvalue weighted by atomic mass is 10.2. The van der Waals surface area contributed by atoms with Gasteiger partial charge >= 0.3 is 0 Å². The van der Waals surface area contributed by atoms with Gasteiger partial charge in [0, 0.05) is 18.3 Å². The number of nitrogens with one attached hydrogen (secondary N) is 1. The number of halogens is 1. The Morgan fingerprint density at radius 3 is 2.62 bits per heavy atom. The Balaban J connectivity index is 1.16. The largest absolute Gasteiger partial charge is 0.483 e. The molecular weight excluding hydrogens is 509 g/mol. The number of fused-ring (bicyclic) bond motifs is 1. The molecule has 0 aliphatic carbocycles. The summed E-state index contributed by atoms with van der Waals surface area (Å²) in [5.41, 5.74) is 3.92. The molecule has 37 heavy (non-hydrogen) atoms. The molecule has 2 heterocycles. The van der Waals surface area contributed by atoms with Gasteiger partial charge in [0.2, 0.25) is 5.91 Å². The number of carbonyl (C=O) groups excluding carboxylic acids is 1. The van der Waals surface area contributed by atoms with Crippen LogP contribution < -0.4 is 10.1 Å². The Morgan fingerprint density at radius 2 is 1.86 bits per heavy atom. The molecule has 5 aromatic rings. The van der Waals surface area contributed by atoms with E-state index >= 15 is 0 Å². The van der Waals surface area contributed by atoms with Gasteiger partial charge in [-0.15, -0.1) is 21.5 Å². The second-order valence-electron chi connectivity index (χ2n) is 8.52. The van der Waals surface area contributed by atoms with Crippen LogP contribution in [0.5, 0.6) is 5.75 Å². The molecule has 0 bridgehead atoms. The Morgan fingerprint density at radius 1 is 1.11 bits per heavy atom. The van der Waals surface area contributed by atoms with Gasteiger partial charge in [-0.05, 0) is 80.1 Å². The number of ether oxygens (including phenoxy) is 1. The predicted molar refractivity (Wildman–Crippen MR) is 146 cm³/mol. The molecule has 0 saturated carbocycles. The zero-order chi connectivity index (χ0) is 25.9. The molecule has 2 aromatic heterocycles. The summed E-state index contributed by atoms with van der Waals surface area (Å²) in [7, 11) is 1.82. The van der Waals surface area contributed by atoms with Crippen LogP contribution in [0.3, 0.4) is 0 Å². The van der Waals surface area contributed by atoms with Crippen molar-refractivity contribution in [1.82, 2.24) is 19.7 Å². The van der Waals surface area contributed by atoms with Crippen molar-refractivity contribution >= 4 is 44.9 Å². The van der Waals surface area contributed by atoms with Gasteiger partial charge in [0.05, 0.1) is 16.0 Å². The van der Waals surface area contributed by atoms with Crippen LogP contribution in [0.2, 0.25) is 0 Å². The number of aromatic nitrogens is 4. The van der Waals surface area contributed by atoms with Crippen molar-refractivity contribution in [3.63, 3.8) is 0 Å². The number of thioether (sulfide) groups is 1. The highest BCUT2D eigenvalue weighted by Crippen LogP contribution is 2.31. The first-order chi connectivity index (χ1) is 17.9. The van der Waals surface area contributed by atoms with Crippen molar-refractivity contribution in [2.24, 2.45) is 7.05 Å². The van der Waals surface area contributed by atoms with E-state index in [1.54, 1.807) is 28.0 Å². The Kier molecular flexibility index (Phi) is 7.20. The van der Waals surface area contributed by atoms with Crippen LogP contribution in [0, 0.1) is 12.7 Å². The van der Waals surface area contributed by atoms with Crippen molar-refractivity contribution < 1.29 is 13.9 Å². The number of rotatable bonds is 8. The van der Waals surface area contributed by atoms with Crippen LogP contribution >= 0.6 is 23.1 Å². The van der Waals surface area contributed by atoms with Crippen LogP contribution in [-0.4, -0.2) is 31.4 Å². The van der Waals surface area contributed by atoms with Crippen molar-refractivity contribution in [1.29, 1.82) is 0 Å². The highest BCUT2D eigenvalue weighted by atomic mass is 32.2. The number of hydrogen-bond acceptors (Lipinski definition) is 7. The molecule has 0 radical (unpaired) electrons. The van der Waals surface area contributed by atoms with E-state index in [9.17, 15) is 9.18 Å². The summed E-state index contributed by atoms with van der Waals surface area (Å²) in [6, 6.07) is 19.7. The fraction of sp³-hybridized carbons (Fsp3) is 0.185. The maximum Gasteiger partial charge on any atom is 0.234 e. The molecule has 10 heteroatoms. The zero-order valence-corrected chi connectivity index (χ0v) is 22.1. The third kappa shape index (κ3) is 5.81. The Hall–Kier alpha value is -3.76. The van der Waals surface area contributed by atoms with E-state index in [1.165, 1.54) is 29.5 Å². The topological polar surface area (TPSA) is 81.9 Å². The second-order valence-corrected chi connectivity index (χ2v) is 10.5. The number of nitrogens with zero attached hydrogens (tertiary/aromatic N) is 4. The minimum Gasteiger partial charge on any atom is -0.483 e. The molecule has 1 unspecified atom stereocenters. The maximum atomic E-state index is 13.1. The van der Waals surface area contributed by atoms with Gasteiger partial charge in [-0.2, -0.15) is 0 Å². The lowest BCUT2D eigenvalue weighted by molar-refractivity contribution is -0.113. The minimum atomic E-state index is -0.399. The first-order valence-corrected chi connectivity index (χ1v) is 13.4. The van der Waals surface area contributed by atoms with Crippen molar-refractivity contribution in [2.75, 3.05) is 11.1 Å². The summed E-state index contributed by atoms with van der Waals surface area (Å²) >= 11 is 2.94. The third-order valence-electron chi connectivity index (χ3n) is 5.65. The number of benzene rings is 3. The van der Waals surface area contributed by atoms with Gasteiger partial charge < -0.3 is 14.6 Å². The number of amides is 1. The summed E-state index contributed by atoms with van der Waals surface area (Å²) in [5.74, 6) is 0.851. The highest BCUT2D eigenvalue weighted by Gasteiger charge is 2.18. The fourth-order valence-electron chi connectivity index (χ4n) is 3.75. The predicted octanol–water partition coefficient (Wildman–Crippen LogP) is 6.41. The molecule has 1 N–H and O–H groups in total. The monoisotopic (exact) mass is 533 g/mol. The summed E-state index contributed by atoms with van der Waals surface area (Å²) in [5, 5.41) is 12.9. The minimum absolute atomic E-state index is 0.145. The Bertz CT molecular complexity index is 1550. The zero-order valence-electron chi connectivity index (χ0n) is 20.4. The maximum absolute atomic E-state index is 13.1. The van der Waals surface area contributed by atoms with Gasteiger partial charge in [0.1, 0.15) is 16.6 Å². The summed E-state index contributed by atoms with van der Waals surface area (Å²) in [4.78, 5) is 17.3. The molecule has 3 aromatic carbocycles. The number of anilines is 1. The van der Waals surface area contributed by atoms with Crippen LogP contribution in [-0.2, 0) is 11.8 Å². The average molecular weight is 534 g/mol. The van der Waals surface area contributed by atoms with Gasteiger partial charge in [0.25, 0.3) is 0 Å². The Labute approximate surface area is 221 Å². The summed E-state index contributed by atoms with van der Waals surface area (Å²) in [6.45, 7) is 3.91. The quantitative estimate of drug-likeness (QED) is 0.232. The normalized spacial score (nSPS) is 12.0. The second kappa shape index (κ2) is 10.7. The van der Waals surface area contributed by atoms with Crippen molar-refractivity contribution in [3.8, 4) is 16.3 Å². The number of aryl methyl sites for hydroxylation is 1. The molecular formula is C27H24FN5O2S2. The number of thiazole rings is 1. The molecule has 0 aliphatic rings. The molecule has 5 rings (SSSR count). The SMILES string of the molecule is Cc1ccc2nc(-c3ccc(NC(=O)CSc4nnc(C(C)Oc5ccc(F)cc5)n4C)cc3)sc2c1. The van der Waals surface area contributed by atoms with Crippen LogP contribution in [0.15, 0.2) is 71.9 Å². The third-order valence-corrected chi connectivity index (χ3v) is 7.74. The van der Waals surface area contributed by atoms with Gasteiger partial charge in [0.15, 0.2) is 17.1 Å². The first-order valence-electron chi connectivity index (χ1n) is 11.6.